The van der Waals surface area contributed by atoms with Crippen LogP contribution in [0.15, 0.2) is 42.6 Å². The van der Waals surface area contributed by atoms with Crippen molar-refractivity contribution in [3.05, 3.63) is 70.4 Å². The van der Waals surface area contributed by atoms with Gasteiger partial charge < -0.3 is 14.2 Å². The molecule has 1 aromatic heterocycles. The zero-order valence-corrected chi connectivity index (χ0v) is 24.8. The molecule has 3 heterocycles. The van der Waals surface area contributed by atoms with Crippen molar-refractivity contribution in [3.8, 4) is 12.3 Å². The van der Waals surface area contributed by atoms with E-state index < -0.39 is 11.7 Å². The molecule has 2 atom stereocenters. The Bertz CT molecular complexity index is 1480. The van der Waals surface area contributed by atoms with Gasteiger partial charge in [0.05, 0.1) is 23.8 Å². The van der Waals surface area contributed by atoms with Gasteiger partial charge in [-0.25, -0.2) is 9.59 Å². The zero-order chi connectivity index (χ0) is 29.4. The number of piperidine rings is 1. The minimum absolute atomic E-state index is 0.0940. The molecule has 0 bridgehead atoms. The molecule has 2 saturated heterocycles. The van der Waals surface area contributed by atoms with Crippen molar-refractivity contribution in [2.45, 2.75) is 83.6 Å². The second kappa shape index (κ2) is 11.3. The summed E-state index contributed by atoms with van der Waals surface area (Å²) < 4.78 is 18.6. The van der Waals surface area contributed by atoms with Gasteiger partial charge in [-0.2, -0.15) is 0 Å². The first-order valence-electron chi connectivity index (χ1n) is 14.4. The van der Waals surface area contributed by atoms with Gasteiger partial charge in [0.2, 0.25) is 0 Å². The number of terminal acetylenes is 1. The summed E-state index contributed by atoms with van der Waals surface area (Å²) in [5.41, 5.74) is 5.01. The molecule has 2 fully saturated rings. The fourth-order valence-electron chi connectivity index (χ4n) is 6.47. The number of benzene rings is 2. The van der Waals surface area contributed by atoms with E-state index in [1.54, 1.807) is 10.8 Å². The summed E-state index contributed by atoms with van der Waals surface area (Å²) in [5, 5.41) is 1.01. The number of hydrogen-bond acceptors (Lipinski definition) is 6. The summed E-state index contributed by atoms with van der Waals surface area (Å²) in [4.78, 5) is 27.7. The molecule has 2 aliphatic heterocycles. The fourth-order valence-corrected chi connectivity index (χ4v) is 6.47. The van der Waals surface area contributed by atoms with Gasteiger partial charge >= 0.3 is 12.1 Å². The minimum atomic E-state index is -0.601. The Kier molecular flexibility index (Phi) is 8.00. The van der Waals surface area contributed by atoms with Gasteiger partial charge in [0, 0.05) is 43.7 Å². The highest BCUT2D eigenvalue weighted by Crippen LogP contribution is 2.45. The van der Waals surface area contributed by atoms with Crippen LogP contribution in [-0.2, 0) is 27.2 Å². The molecule has 7 nitrogen and oxygen atoms in total. The first kappa shape index (κ1) is 28.9. The third-order valence-corrected chi connectivity index (χ3v) is 8.37. The summed E-state index contributed by atoms with van der Waals surface area (Å²) in [6.07, 6.45) is 11.7. The van der Waals surface area contributed by atoms with Crippen LogP contribution in [0.5, 0.6) is 0 Å². The molecule has 5 rings (SSSR count). The number of aryl methyl sites for hydroxylation is 1. The second-order valence-electron chi connectivity index (χ2n) is 12.3. The minimum Gasteiger partial charge on any atom is -0.465 e. The lowest BCUT2D eigenvalue weighted by Gasteiger charge is -2.45. The fraction of sp³-hybridized carbons (Fsp3) is 0.471. The zero-order valence-electron chi connectivity index (χ0n) is 24.8. The number of nitrogens with zero attached hydrogens (tertiary/aromatic N) is 2. The molecule has 216 valence electrons. The topological polar surface area (TPSA) is 70.0 Å². The van der Waals surface area contributed by atoms with Crippen LogP contribution in [0.3, 0.4) is 0 Å². The van der Waals surface area contributed by atoms with E-state index in [4.69, 9.17) is 20.6 Å². The number of rotatable bonds is 5. The summed E-state index contributed by atoms with van der Waals surface area (Å²) in [6.45, 7) is 9.96. The monoisotopic (exact) mass is 556 g/mol. The molecule has 0 N–H and O–H groups in total. The summed E-state index contributed by atoms with van der Waals surface area (Å²) in [7, 11) is 1.40. The molecule has 0 saturated carbocycles. The third kappa shape index (κ3) is 5.91. The molecule has 7 heteroatoms. The van der Waals surface area contributed by atoms with Crippen LogP contribution in [-0.4, -0.2) is 53.0 Å². The van der Waals surface area contributed by atoms with Gasteiger partial charge in [0.15, 0.2) is 0 Å². The summed E-state index contributed by atoms with van der Waals surface area (Å²) >= 11 is 0. The van der Waals surface area contributed by atoms with E-state index in [0.717, 1.165) is 72.0 Å². The molecule has 2 aromatic carbocycles. The van der Waals surface area contributed by atoms with E-state index in [1.807, 2.05) is 58.0 Å². The van der Waals surface area contributed by atoms with Crippen LogP contribution >= 0.6 is 0 Å². The maximum Gasteiger partial charge on any atom is 0.418 e. The maximum absolute atomic E-state index is 13.1. The predicted octanol–water partition coefficient (Wildman–Crippen LogP) is 6.58. The lowest BCUT2D eigenvalue weighted by molar-refractivity contribution is -0.0675. The van der Waals surface area contributed by atoms with E-state index in [-0.39, 0.29) is 17.6 Å². The number of aromatic nitrogens is 1. The number of hydrogen-bond donors (Lipinski definition) is 0. The van der Waals surface area contributed by atoms with Crippen LogP contribution < -0.4 is 0 Å². The third-order valence-electron chi connectivity index (χ3n) is 8.37. The van der Waals surface area contributed by atoms with Crippen LogP contribution in [0.25, 0.3) is 10.9 Å². The Morgan fingerprint density at radius 1 is 1.17 bits per heavy atom. The lowest BCUT2D eigenvalue weighted by Crippen LogP contribution is -2.45. The summed E-state index contributed by atoms with van der Waals surface area (Å²) in [5.74, 6) is 2.49. The lowest BCUT2D eigenvalue weighted by atomic mass is 9.81. The van der Waals surface area contributed by atoms with Crippen molar-refractivity contribution in [3.63, 3.8) is 0 Å². The number of methoxy groups -OCH3 is 1. The van der Waals surface area contributed by atoms with Gasteiger partial charge in [-0.3, -0.25) is 9.47 Å². The highest BCUT2D eigenvalue weighted by atomic mass is 16.6. The van der Waals surface area contributed by atoms with E-state index in [9.17, 15) is 9.59 Å². The Morgan fingerprint density at radius 3 is 2.56 bits per heavy atom. The van der Waals surface area contributed by atoms with Gasteiger partial charge in [-0.1, -0.05) is 18.2 Å². The van der Waals surface area contributed by atoms with Crippen molar-refractivity contribution in [2.24, 2.45) is 0 Å². The normalized spacial score (nSPS) is 21.2. The SMILES string of the molecule is C#CCc1cc(C)c2c(ccn2C(=O)OC(C)(C)C)c1CN1CCC2(CCCO2)C[C@H]1c1ccc(C(=O)OC)cc1. The Balaban J connectivity index is 1.55. The van der Waals surface area contributed by atoms with E-state index >= 15 is 0 Å². The van der Waals surface area contributed by atoms with E-state index in [1.165, 1.54) is 7.11 Å². The second-order valence-corrected chi connectivity index (χ2v) is 12.3. The molecule has 1 unspecified atom stereocenters. The van der Waals surface area contributed by atoms with Crippen LogP contribution in [0.2, 0.25) is 0 Å². The van der Waals surface area contributed by atoms with Gasteiger partial charge in [-0.15, -0.1) is 12.3 Å². The van der Waals surface area contributed by atoms with Crippen molar-refractivity contribution in [1.82, 2.24) is 9.47 Å². The Hall–Kier alpha value is -3.60. The number of ether oxygens (including phenoxy) is 3. The largest absolute Gasteiger partial charge is 0.465 e. The maximum atomic E-state index is 13.1. The van der Waals surface area contributed by atoms with E-state index in [2.05, 4.69) is 16.9 Å². The number of esters is 1. The number of carbonyl (C=O) groups is 2. The molecule has 1 spiro atoms. The first-order chi connectivity index (χ1) is 19.5. The average Bonchev–Trinajstić information content (AvgIpc) is 3.59. The predicted molar refractivity (Wildman–Crippen MR) is 159 cm³/mol. The van der Waals surface area contributed by atoms with E-state index in [0.29, 0.717) is 18.5 Å². The molecule has 0 aliphatic carbocycles. The highest BCUT2D eigenvalue weighted by Gasteiger charge is 2.43. The van der Waals surface area contributed by atoms with Crippen molar-refractivity contribution in [2.75, 3.05) is 20.3 Å². The average molecular weight is 557 g/mol. The standard InChI is InChI=1S/C34H40N2O5/c1-7-9-26-20-23(2)30-27(14-17-36(30)32(38)41-33(3,4)5)28(26)22-35-18-16-34(15-8-19-40-34)21-29(35)24-10-12-25(13-11-24)31(37)39-6/h1,10-14,17,20,29H,8-9,15-16,18-19,21-22H2,2-6H3/t29-,34?/m0/s1. The molecule has 0 amide bonds. The molecule has 41 heavy (non-hydrogen) atoms. The number of carbonyl (C=O) groups excluding carboxylic acids is 2. The van der Waals surface area contributed by atoms with Crippen LogP contribution in [0, 0.1) is 19.3 Å². The van der Waals surface area contributed by atoms with Crippen molar-refractivity contribution in [1.29, 1.82) is 0 Å². The quantitative estimate of drug-likeness (QED) is 0.261. The number of likely N-dealkylation sites (tertiary alicyclic amines) is 1. The molecule has 3 aromatic rings. The molecular formula is C34H40N2O5. The smallest absolute Gasteiger partial charge is 0.418 e. The molecule has 2 aliphatic rings. The number of fused-ring (bicyclic) bond motifs is 1. The van der Waals surface area contributed by atoms with Gasteiger partial charge in [0.25, 0.3) is 0 Å². The van der Waals surface area contributed by atoms with Gasteiger partial charge in [-0.05, 0) is 93.8 Å². The van der Waals surface area contributed by atoms with Crippen LogP contribution in [0.1, 0.15) is 85.1 Å². The van der Waals surface area contributed by atoms with Crippen molar-refractivity contribution >= 4 is 23.0 Å². The van der Waals surface area contributed by atoms with Crippen LogP contribution in [0.4, 0.5) is 4.79 Å². The molecule has 0 radical (unpaired) electrons. The van der Waals surface area contributed by atoms with Crippen molar-refractivity contribution < 1.29 is 23.8 Å². The van der Waals surface area contributed by atoms with Gasteiger partial charge in [0.1, 0.15) is 5.60 Å². The summed E-state index contributed by atoms with van der Waals surface area (Å²) in [6, 6.07) is 12.0. The molecular weight excluding hydrogens is 516 g/mol. The highest BCUT2D eigenvalue weighted by molar-refractivity contribution is 5.94. The Morgan fingerprint density at radius 2 is 1.93 bits per heavy atom. The first-order valence-corrected chi connectivity index (χ1v) is 14.4. The Labute approximate surface area is 242 Å².